The molecule has 3 heterocycles. The quantitative estimate of drug-likeness (QED) is 0.443. The Morgan fingerprint density at radius 2 is 1.87 bits per heavy atom. The van der Waals surface area contributed by atoms with Gasteiger partial charge in [0.25, 0.3) is 0 Å². The first-order chi connectivity index (χ1) is 18.4. The number of fused-ring (bicyclic) bond motifs is 1. The van der Waals surface area contributed by atoms with Crippen molar-refractivity contribution in [3.63, 3.8) is 0 Å². The Morgan fingerprint density at radius 1 is 1.15 bits per heavy atom. The molecule has 2 unspecified atom stereocenters. The van der Waals surface area contributed by atoms with E-state index in [0.29, 0.717) is 29.9 Å². The van der Waals surface area contributed by atoms with E-state index in [-0.39, 0.29) is 23.3 Å². The number of aromatic nitrogens is 1. The van der Waals surface area contributed by atoms with Crippen molar-refractivity contribution in [3.05, 3.63) is 41.7 Å². The molecule has 0 radical (unpaired) electrons. The molecule has 5 rings (SSSR count). The summed E-state index contributed by atoms with van der Waals surface area (Å²) in [5, 5.41) is 5.05. The van der Waals surface area contributed by atoms with E-state index in [1.807, 2.05) is 31.9 Å². The number of thiazole rings is 1. The van der Waals surface area contributed by atoms with E-state index >= 15 is 4.39 Å². The minimum Gasteiger partial charge on any atom is -0.367 e. The fourth-order valence-corrected chi connectivity index (χ4v) is 6.06. The number of halogens is 4. The van der Waals surface area contributed by atoms with Crippen LogP contribution in [0.2, 0.25) is 0 Å². The van der Waals surface area contributed by atoms with Crippen LogP contribution in [0.4, 0.5) is 28.9 Å². The van der Waals surface area contributed by atoms with Crippen LogP contribution in [-0.2, 0) is 9.59 Å². The van der Waals surface area contributed by atoms with E-state index in [4.69, 9.17) is 0 Å². The SMILES string of the molecule is C[C@@H]1CN(c2cc(F)c(-c3ccc4scnc4c3)cc2NC(=O)C2CNC(=O)CC2C(F)(F)F)C[C@H](C)N1C. The summed E-state index contributed by atoms with van der Waals surface area (Å²) in [5.41, 5.74) is 3.73. The normalized spacial score (nSPS) is 24.6. The van der Waals surface area contributed by atoms with Crippen LogP contribution < -0.4 is 15.5 Å². The summed E-state index contributed by atoms with van der Waals surface area (Å²) >= 11 is 1.45. The summed E-state index contributed by atoms with van der Waals surface area (Å²) in [6.07, 6.45) is -5.54. The number of nitrogens with zero attached hydrogens (tertiary/aromatic N) is 3. The molecule has 2 aromatic carbocycles. The number of anilines is 2. The lowest BCUT2D eigenvalue weighted by atomic mass is 9.84. The number of hydrogen-bond acceptors (Lipinski definition) is 6. The van der Waals surface area contributed by atoms with E-state index in [0.717, 1.165) is 4.70 Å². The van der Waals surface area contributed by atoms with Crippen LogP contribution >= 0.6 is 11.3 Å². The molecule has 7 nitrogen and oxygen atoms in total. The van der Waals surface area contributed by atoms with Crippen LogP contribution in [0, 0.1) is 17.7 Å². The van der Waals surface area contributed by atoms with Gasteiger partial charge in [-0.25, -0.2) is 9.37 Å². The highest BCUT2D eigenvalue weighted by molar-refractivity contribution is 7.16. The molecule has 2 N–H and O–H groups in total. The number of piperidine rings is 1. The van der Waals surface area contributed by atoms with Gasteiger partial charge in [0.2, 0.25) is 11.8 Å². The molecule has 208 valence electrons. The number of carbonyl (C=O) groups excluding carboxylic acids is 2. The lowest BCUT2D eigenvalue weighted by Crippen LogP contribution is -2.55. The highest BCUT2D eigenvalue weighted by atomic mass is 32.1. The highest BCUT2D eigenvalue weighted by Crippen LogP contribution is 2.40. The van der Waals surface area contributed by atoms with E-state index in [1.54, 1.807) is 17.6 Å². The first kappa shape index (κ1) is 27.3. The van der Waals surface area contributed by atoms with Gasteiger partial charge in [0.15, 0.2) is 0 Å². The van der Waals surface area contributed by atoms with Crippen molar-refractivity contribution in [1.29, 1.82) is 0 Å². The molecular formula is C27H29F4N5O2S. The fraction of sp³-hybridized carbons (Fsp3) is 0.444. The molecular weight excluding hydrogens is 534 g/mol. The average molecular weight is 564 g/mol. The Morgan fingerprint density at radius 3 is 2.56 bits per heavy atom. The Labute approximate surface area is 227 Å². The number of benzene rings is 2. The predicted octanol–water partition coefficient (Wildman–Crippen LogP) is 4.88. The zero-order valence-electron chi connectivity index (χ0n) is 21.7. The summed E-state index contributed by atoms with van der Waals surface area (Å²) < 4.78 is 57.9. The number of alkyl halides is 3. The topological polar surface area (TPSA) is 77.6 Å². The van der Waals surface area contributed by atoms with Crippen molar-refractivity contribution in [1.82, 2.24) is 15.2 Å². The molecule has 2 aliphatic rings. The zero-order chi connectivity index (χ0) is 28.1. The highest BCUT2D eigenvalue weighted by Gasteiger charge is 2.50. The lowest BCUT2D eigenvalue weighted by Gasteiger charge is -2.44. The van der Waals surface area contributed by atoms with Gasteiger partial charge in [-0.15, -0.1) is 11.3 Å². The second-order valence-electron chi connectivity index (χ2n) is 10.4. The molecule has 3 aromatic rings. The van der Waals surface area contributed by atoms with Gasteiger partial charge in [-0.05, 0) is 50.7 Å². The van der Waals surface area contributed by atoms with Crippen molar-refractivity contribution in [2.24, 2.45) is 11.8 Å². The number of carbonyl (C=O) groups is 2. The van der Waals surface area contributed by atoms with Crippen molar-refractivity contribution in [2.75, 3.05) is 36.9 Å². The fourth-order valence-electron chi connectivity index (χ4n) is 5.40. The first-order valence-corrected chi connectivity index (χ1v) is 13.6. The Balaban J connectivity index is 1.55. The van der Waals surface area contributed by atoms with Crippen molar-refractivity contribution in [2.45, 2.75) is 38.5 Å². The van der Waals surface area contributed by atoms with Gasteiger partial charge in [0, 0.05) is 43.7 Å². The standard InChI is InChI=1S/C27H29F4N5O2S/c1-14-11-36(12-15(2)35(14)3)23-9-20(28)17(16-4-5-24-22(6-16)33-13-39-24)7-21(23)34-26(38)18-10-32-25(37)8-19(18)27(29,30)31/h4-7,9,13-15,18-19H,8,10-12H2,1-3H3,(H,32,37)(H,34,38)/t14-,15+,18?,19?. The molecule has 0 spiro atoms. The van der Waals surface area contributed by atoms with E-state index < -0.39 is 48.6 Å². The molecule has 0 bridgehead atoms. The maximum absolute atomic E-state index is 15.7. The maximum Gasteiger partial charge on any atom is 0.393 e. The van der Waals surface area contributed by atoms with Gasteiger partial charge in [0.1, 0.15) is 5.82 Å². The van der Waals surface area contributed by atoms with Gasteiger partial charge in [-0.2, -0.15) is 13.2 Å². The Kier molecular flexibility index (Phi) is 7.27. The lowest BCUT2D eigenvalue weighted by molar-refractivity contribution is -0.197. The molecule has 2 saturated heterocycles. The maximum atomic E-state index is 15.7. The van der Waals surface area contributed by atoms with Crippen LogP contribution in [-0.4, -0.2) is 66.6 Å². The first-order valence-electron chi connectivity index (χ1n) is 12.7. The molecule has 2 amide bonds. The number of piperazine rings is 1. The number of amides is 2. The van der Waals surface area contributed by atoms with Gasteiger partial charge >= 0.3 is 6.18 Å². The molecule has 0 saturated carbocycles. The minimum atomic E-state index is -4.72. The molecule has 1 aromatic heterocycles. The van der Waals surface area contributed by atoms with E-state index in [1.165, 1.54) is 23.5 Å². The second-order valence-corrected chi connectivity index (χ2v) is 11.3. The van der Waals surface area contributed by atoms with Crippen LogP contribution in [0.25, 0.3) is 21.3 Å². The molecule has 2 fully saturated rings. The smallest absolute Gasteiger partial charge is 0.367 e. The molecule has 39 heavy (non-hydrogen) atoms. The molecule has 0 aliphatic carbocycles. The van der Waals surface area contributed by atoms with Crippen LogP contribution in [0.15, 0.2) is 35.8 Å². The van der Waals surface area contributed by atoms with Crippen LogP contribution in [0.5, 0.6) is 0 Å². The Hall–Kier alpha value is -3.25. The minimum absolute atomic E-state index is 0.121. The molecule has 2 aliphatic heterocycles. The van der Waals surface area contributed by atoms with E-state index in [2.05, 4.69) is 20.5 Å². The largest absolute Gasteiger partial charge is 0.393 e. The summed E-state index contributed by atoms with van der Waals surface area (Å²) in [6.45, 7) is 4.72. The Bertz CT molecular complexity index is 1400. The third-order valence-corrected chi connectivity index (χ3v) is 8.66. The van der Waals surface area contributed by atoms with Crippen molar-refractivity contribution < 1.29 is 27.2 Å². The van der Waals surface area contributed by atoms with Crippen LogP contribution in [0.3, 0.4) is 0 Å². The number of rotatable bonds is 4. The van der Waals surface area contributed by atoms with Gasteiger partial charge < -0.3 is 15.5 Å². The number of nitrogens with one attached hydrogen (secondary N) is 2. The molecule has 12 heteroatoms. The van der Waals surface area contributed by atoms with Crippen molar-refractivity contribution >= 4 is 44.7 Å². The van der Waals surface area contributed by atoms with Crippen LogP contribution in [0.1, 0.15) is 20.3 Å². The second kappa shape index (κ2) is 10.4. The average Bonchev–Trinajstić information content (AvgIpc) is 3.35. The van der Waals surface area contributed by atoms with E-state index in [9.17, 15) is 22.8 Å². The number of hydrogen-bond donors (Lipinski definition) is 2. The van der Waals surface area contributed by atoms with Gasteiger partial charge in [-0.1, -0.05) is 6.07 Å². The monoisotopic (exact) mass is 563 g/mol. The summed E-state index contributed by atoms with van der Waals surface area (Å²) in [7, 11) is 2.00. The summed E-state index contributed by atoms with van der Waals surface area (Å²) in [4.78, 5) is 33.5. The third-order valence-electron chi connectivity index (χ3n) is 7.85. The van der Waals surface area contributed by atoms with Crippen molar-refractivity contribution in [3.8, 4) is 11.1 Å². The van der Waals surface area contributed by atoms with Gasteiger partial charge in [0.05, 0.1) is 38.9 Å². The van der Waals surface area contributed by atoms with Gasteiger partial charge in [-0.3, -0.25) is 14.5 Å². The number of likely N-dealkylation sites (N-methyl/N-ethyl adjacent to an activating group) is 1. The zero-order valence-corrected chi connectivity index (χ0v) is 22.5. The summed E-state index contributed by atoms with van der Waals surface area (Å²) in [6, 6.07) is 8.38. The summed E-state index contributed by atoms with van der Waals surface area (Å²) in [5.74, 6) is -5.76. The molecule has 4 atom stereocenters. The predicted molar refractivity (Wildman–Crippen MR) is 143 cm³/mol. The third kappa shape index (κ3) is 5.44.